The Balaban J connectivity index is 1.42. The summed E-state index contributed by atoms with van der Waals surface area (Å²) in [5.41, 5.74) is 2.42. The Morgan fingerprint density at radius 1 is 1.04 bits per heavy atom. The highest BCUT2D eigenvalue weighted by Crippen LogP contribution is 2.38. The Morgan fingerprint density at radius 2 is 1.71 bits per heavy atom. The average Bonchev–Trinajstić information content (AvgIpc) is 3.11. The first-order chi connectivity index (χ1) is 11.6. The van der Waals surface area contributed by atoms with E-state index in [1.165, 1.54) is 10.5 Å². The van der Waals surface area contributed by atoms with E-state index in [9.17, 15) is 14.4 Å². The first-order valence-corrected chi connectivity index (χ1v) is 8.87. The lowest BCUT2D eigenvalue weighted by Gasteiger charge is -2.19. The molecule has 5 nitrogen and oxygen atoms in total. The second kappa shape index (κ2) is 6.04. The molecule has 2 aliphatic carbocycles. The zero-order chi connectivity index (χ0) is 16.7. The Kier molecular flexibility index (Phi) is 3.87. The fourth-order valence-corrected chi connectivity index (χ4v) is 4.48. The zero-order valence-corrected chi connectivity index (χ0v) is 13.7. The Morgan fingerprint density at radius 3 is 2.42 bits per heavy atom. The van der Waals surface area contributed by atoms with Gasteiger partial charge in [-0.25, -0.2) is 0 Å². The molecule has 3 aliphatic rings. The van der Waals surface area contributed by atoms with E-state index in [-0.39, 0.29) is 42.1 Å². The maximum Gasteiger partial charge on any atom is 0.240 e. The fourth-order valence-electron chi connectivity index (χ4n) is 4.48. The molecule has 1 heterocycles. The van der Waals surface area contributed by atoms with Crippen LogP contribution in [0.25, 0.3) is 0 Å². The molecule has 126 valence electrons. The molecule has 0 bridgehead atoms. The van der Waals surface area contributed by atoms with Crippen LogP contribution in [0, 0.1) is 11.8 Å². The van der Waals surface area contributed by atoms with Crippen molar-refractivity contribution < 1.29 is 14.4 Å². The van der Waals surface area contributed by atoms with Crippen LogP contribution in [0.2, 0.25) is 0 Å². The van der Waals surface area contributed by atoms with Crippen molar-refractivity contribution in [1.82, 2.24) is 10.2 Å². The molecule has 3 amide bonds. The Bertz CT molecular complexity index is 676. The van der Waals surface area contributed by atoms with Gasteiger partial charge in [0.05, 0.1) is 17.9 Å². The van der Waals surface area contributed by atoms with Gasteiger partial charge in [0.15, 0.2) is 0 Å². The maximum absolute atomic E-state index is 12.4. The summed E-state index contributed by atoms with van der Waals surface area (Å²) >= 11 is 0. The molecular weight excluding hydrogens is 304 g/mol. The fraction of sp³-hybridized carbons (Fsp3) is 0.526. The molecule has 1 N–H and O–H groups in total. The largest absolute Gasteiger partial charge is 0.348 e. The number of amides is 3. The van der Waals surface area contributed by atoms with E-state index in [2.05, 4.69) is 11.4 Å². The van der Waals surface area contributed by atoms with Crippen LogP contribution in [-0.4, -0.2) is 29.2 Å². The quantitative estimate of drug-likeness (QED) is 0.864. The molecule has 3 unspecified atom stereocenters. The molecule has 4 rings (SSSR count). The first-order valence-electron chi connectivity index (χ1n) is 8.87. The lowest BCUT2D eigenvalue weighted by atomic mass is 9.81. The summed E-state index contributed by atoms with van der Waals surface area (Å²) in [5, 5.41) is 3.00. The SMILES string of the molecule is O=C(CN1C(=O)C2CCCCC2C1=O)NC1CCc2ccccc21. The summed E-state index contributed by atoms with van der Waals surface area (Å²) in [5.74, 6) is -0.909. The number of likely N-dealkylation sites (tertiary alicyclic amines) is 1. The van der Waals surface area contributed by atoms with Gasteiger partial charge in [-0.2, -0.15) is 0 Å². The Labute approximate surface area is 141 Å². The number of aryl methyl sites for hydroxylation is 1. The highest BCUT2D eigenvalue weighted by Gasteiger charge is 2.48. The van der Waals surface area contributed by atoms with E-state index in [1.807, 2.05) is 18.2 Å². The van der Waals surface area contributed by atoms with Gasteiger partial charge in [-0.3, -0.25) is 19.3 Å². The smallest absolute Gasteiger partial charge is 0.240 e. The van der Waals surface area contributed by atoms with Gasteiger partial charge in [-0.05, 0) is 36.8 Å². The average molecular weight is 326 g/mol. The summed E-state index contributed by atoms with van der Waals surface area (Å²) in [6, 6.07) is 8.09. The van der Waals surface area contributed by atoms with Crippen LogP contribution in [0.5, 0.6) is 0 Å². The summed E-state index contributed by atoms with van der Waals surface area (Å²) in [4.78, 5) is 38.5. The van der Waals surface area contributed by atoms with Crippen LogP contribution < -0.4 is 5.32 Å². The minimum absolute atomic E-state index is 0.0104. The molecule has 1 aromatic carbocycles. The van der Waals surface area contributed by atoms with Gasteiger partial charge >= 0.3 is 0 Å². The standard InChI is InChI=1S/C19H22N2O3/c22-17(20-16-10-9-12-5-1-2-6-13(12)16)11-21-18(23)14-7-3-4-8-15(14)19(21)24/h1-2,5-6,14-16H,3-4,7-11H2,(H,20,22). The number of carbonyl (C=O) groups is 3. The summed E-state index contributed by atoms with van der Waals surface area (Å²) in [6.45, 7) is -0.136. The molecule has 2 fully saturated rings. The first kappa shape index (κ1) is 15.4. The number of fused-ring (bicyclic) bond motifs is 2. The van der Waals surface area contributed by atoms with E-state index in [4.69, 9.17) is 0 Å². The molecule has 5 heteroatoms. The second-order valence-electron chi connectivity index (χ2n) is 7.12. The van der Waals surface area contributed by atoms with Crippen LogP contribution in [0.15, 0.2) is 24.3 Å². The van der Waals surface area contributed by atoms with Gasteiger partial charge in [0, 0.05) is 0 Å². The minimum Gasteiger partial charge on any atom is -0.348 e. The predicted molar refractivity (Wildman–Crippen MR) is 87.8 cm³/mol. The van der Waals surface area contributed by atoms with E-state index >= 15 is 0 Å². The molecule has 1 aromatic rings. The third kappa shape index (κ3) is 2.52. The summed E-state index contributed by atoms with van der Waals surface area (Å²) in [6.07, 6.45) is 5.38. The number of nitrogens with one attached hydrogen (secondary N) is 1. The lowest BCUT2D eigenvalue weighted by Crippen LogP contribution is -2.41. The highest BCUT2D eigenvalue weighted by molar-refractivity contribution is 6.07. The van der Waals surface area contributed by atoms with E-state index in [1.54, 1.807) is 0 Å². The minimum atomic E-state index is -0.239. The number of hydrogen-bond donors (Lipinski definition) is 1. The van der Waals surface area contributed by atoms with Crippen LogP contribution >= 0.6 is 0 Å². The highest BCUT2D eigenvalue weighted by atomic mass is 16.2. The third-order valence-corrected chi connectivity index (χ3v) is 5.70. The van der Waals surface area contributed by atoms with E-state index in [0.29, 0.717) is 0 Å². The second-order valence-corrected chi connectivity index (χ2v) is 7.12. The van der Waals surface area contributed by atoms with E-state index < -0.39 is 0 Å². The molecule has 0 aromatic heterocycles. The summed E-state index contributed by atoms with van der Waals surface area (Å²) < 4.78 is 0. The summed E-state index contributed by atoms with van der Waals surface area (Å²) in [7, 11) is 0. The molecule has 1 saturated heterocycles. The van der Waals surface area contributed by atoms with Gasteiger partial charge in [0.25, 0.3) is 0 Å². The Hall–Kier alpha value is -2.17. The zero-order valence-electron chi connectivity index (χ0n) is 13.7. The van der Waals surface area contributed by atoms with Crippen molar-refractivity contribution in [2.24, 2.45) is 11.8 Å². The monoisotopic (exact) mass is 326 g/mol. The molecule has 0 radical (unpaired) electrons. The number of hydrogen-bond acceptors (Lipinski definition) is 3. The van der Waals surface area contributed by atoms with Gasteiger partial charge in [-0.1, -0.05) is 37.1 Å². The van der Waals surface area contributed by atoms with Crippen LogP contribution in [-0.2, 0) is 20.8 Å². The number of carbonyl (C=O) groups excluding carboxylic acids is 3. The van der Waals surface area contributed by atoms with Gasteiger partial charge in [0.1, 0.15) is 6.54 Å². The molecular formula is C19H22N2O3. The van der Waals surface area contributed by atoms with Crippen molar-refractivity contribution >= 4 is 17.7 Å². The predicted octanol–water partition coefficient (Wildman–Crippen LogP) is 1.97. The molecule has 24 heavy (non-hydrogen) atoms. The number of rotatable bonds is 3. The lowest BCUT2D eigenvalue weighted by molar-refractivity contribution is -0.143. The number of imide groups is 1. The van der Waals surface area contributed by atoms with Crippen LogP contribution in [0.4, 0.5) is 0 Å². The van der Waals surface area contributed by atoms with Gasteiger partial charge < -0.3 is 5.32 Å². The van der Waals surface area contributed by atoms with E-state index in [0.717, 1.165) is 44.1 Å². The molecule has 3 atom stereocenters. The van der Waals surface area contributed by atoms with Crippen molar-refractivity contribution in [3.63, 3.8) is 0 Å². The van der Waals surface area contributed by atoms with Crippen molar-refractivity contribution in [2.45, 2.75) is 44.6 Å². The normalized spacial score (nSPS) is 28.7. The van der Waals surface area contributed by atoms with Crippen molar-refractivity contribution in [3.05, 3.63) is 35.4 Å². The van der Waals surface area contributed by atoms with Crippen molar-refractivity contribution in [2.75, 3.05) is 6.54 Å². The third-order valence-electron chi connectivity index (χ3n) is 5.70. The number of nitrogens with zero attached hydrogens (tertiary/aromatic N) is 1. The van der Waals surface area contributed by atoms with Crippen LogP contribution in [0.3, 0.4) is 0 Å². The molecule has 0 spiro atoms. The van der Waals surface area contributed by atoms with Gasteiger partial charge in [-0.15, -0.1) is 0 Å². The van der Waals surface area contributed by atoms with Crippen LogP contribution in [0.1, 0.15) is 49.3 Å². The molecule has 1 saturated carbocycles. The van der Waals surface area contributed by atoms with Gasteiger partial charge in [0.2, 0.25) is 17.7 Å². The topological polar surface area (TPSA) is 66.5 Å². The van der Waals surface area contributed by atoms with Crippen molar-refractivity contribution in [3.8, 4) is 0 Å². The van der Waals surface area contributed by atoms with Crippen molar-refractivity contribution in [1.29, 1.82) is 0 Å². The number of benzene rings is 1. The molecule has 1 aliphatic heterocycles. The maximum atomic E-state index is 12.4.